The number of hydrogen-bond acceptors (Lipinski definition) is 2. The second-order valence-electron chi connectivity index (χ2n) is 3.65. The van der Waals surface area contributed by atoms with E-state index in [1.165, 1.54) is 5.56 Å². The van der Waals surface area contributed by atoms with Crippen molar-refractivity contribution < 1.29 is 4.74 Å². The third-order valence-electron chi connectivity index (χ3n) is 2.33. The highest BCUT2D eigenvalue weighted by Gasteiger charge is 2.23. The van der Waals surface area contributed by atoms with Crippen LogP contribution in [0.2, 0.25) is 0 Å². The van der Waals surface area contributed by atoms with Gasteiger partial charge >= 0.3 is 0 Å². The van der Waals surface area contributed by atoms with Crippen LogP contribution in [0.4, 0.5) is 0 Å². The van der Waals surface area contributed by atoms with E-state index < -0.39 is 0 Å². The largest absolute Gasteiger partial charge is 0.490 e. The lowest BCUT2D eigenvalue weighted by molar-refractivity contribution is 0.303. The molecule has 1 aromatic carbocycles. The molecule has 2 rings (SSSR count). The average molecular weight is 187 g/mol. The Kier molecular flexibility index (Phi) is 2.41. The van der Waals surface area contributed by atoms with E-state index >= 15 is 0 Å². The molecule has 0 aromatic heterocycles. The maximum atomic E-state index is 8.83. The van der Waals surface area contributed by atoms with Crippen molar-refractivity contribution in [3.63, 3.8) is 0 Å². The van der Waals surface area contributed by atoms with Crippen molar-refractivity contribution in [1.82, 2.24) is 0 Å². The zero-order valence-electron chi connectivity index (χ0n) is 8.29. The van der Waals surface area contributed by atoms with Gasteiger partial charge in [0.1, 0.15) is 5.75 Å². The summed E-state index contributed by atoms with van der Waals surface area (Å²) in [7, 11) is 0. The van der Waals surface area contributed by atoms with E-state index in [-0.39, 0.29) is 0 Å². The molecule has 1 aliphatic rings. The summed E-state index contributed by atoms with van der Waals surface area (Å²) in [4.78, 5) is 0. The highest BCUT2D eigenvalue weighted by Crippen LogP contribution is 2.28. The Morgan fingerprint density at radius 3 is 2.79 bits per heavy atom. The first-order valence-electron chi connectivity index (χ1n) is 5.02. The minimum atomic E-state index is 0.397. The topological polar surface area (TPSA) is 33.0 Å². The summed E-state index contributed by atoms with van der Waals surface area (Å²) in [5, 5.41) is 8.83. The third kappa shape index (κ3) is 2.05. The summed E-state index contributed by atoms with van der Waals surface area (Å²) < 4.78 is 5.66. The van der Waals surface area contributed by atoms with Crippen molar-refractivity contribution in [2.75, 3.05) is 0 Å². The van der Waals surface area contributed by atoms with Gasteiger partial charge < -0.3 is 4.74 Å². The van der Waals surface area contributed by atoms with E-state index in [0.29, 0.717) is 11.7 Å². The Morgan fingerprint density at radius 1 is 1.43 bits per heavy atom. The standard InChI is InChI=1S/C12H13NO/c1-2-9-5-10(8-13)7-12(6-9)14-11-3-4-11/h5-7,11H,2-4H2,1H3. The molecule has 0 heterocycles. The van der Waals surface area contributed by atoms with Gasteiger partial charge in [0.05, 0.1) is 17.7 Å². The summed E-state index contributed by atoms with van der Waals surface area (Å²) in [6.45, 7) is 2.08. The molecule has 0 N–H and O–H groups in total. The average Bonchev–Trinajstić information content (AvgIpc) is 3.01. The van der Waals surface area contributed by atoms with Gasteiger partial charge in [-0.2, -0.15) is 5.26 Å². The maximum Gasteiger partial charge on any atom is 0.121 e. The SMILES string of the molecule is CCc1cc(C#N)cc(OC2CC2)c1. The Labute approximate surface area is 84.1 Å². The van der Waals surface area contributed by atoms with Crippen LogP contribution in [0.5, 0.6) is 5.75 Å². The van der Waals surface area contributed by atoms with E-state index in [9.17, 15) is 0 Å². The first-order chi connectivity index (χ1) is 6.81. The van der Waals surface area contributed by atoms with E-state index in [2.05, 4.69) is 13.0 Å². The Hall–Kier alpha value is -1.49. The lowest BCUT2D eigenvalue weighted by atomic mass is 10.1. The summed E-state index contributed by atoms with van der Waals surface area (Å²) in [6, 6.07) is 7.92. The van der Waals surface area contributed by atoms with Crippen LogP contribution < -0.4 is 4.74 Å². The van der Waals surface area contributed by atoms with Gasteiger partial charge in [0.2, 0.25) is 0 Å². The number of nitriles is 1. The van der Waals surface area contributed by atoms with Crippen LogP contribution in [0, 0.1) is 11.3 Å². The normalized spacial score (nSPS) is 14.9. The fraction of sp³-hybridized carbons (Fsp3) is 0.417. The Balaban J connectivity index is 2.24. The third-order valence-corrected chi connectivity index (χ3v) is 2.33. The Bertz CT molecular complexity index is 374. The molecule has 1 saturated carbocycles. The predicted molar refractivity (Wildman–Crippen MR) is 54.2 cm³/mol. The monoisotopic (exact) mass is 187 g/mol. The van der Waals surface area contributed by atoms with Crippen molar-refractivity contribution in [3.05, 3.63) is 29.3 Å². The molecule has 0 amide bonds. The molecule has 0 aliphatic heterocycles. The highest BCUT2D eigenvalue weighted by atomic mass is 16.5. The molecule has 2 nitrogen and oxygen atoms in total. The van der Waals surface area contributed by atoms with Gasteiger partial charge in [-0.1, -0.05) is 6.92 Å². The highest BCUT2D eigenvalue weighted by molar-refractivity contribution is 5.41. The Morgan fingerprint density at radius 2 is 2.21 bits per heavy atom. The van der Waals surface area contributed by atoms with Crippen molar-refractivity contribution in [1.29, 1.82) is 5.26 Å². The van der Waals surface area contributed by atoms with Gasteiger partial charge in [-0.25, -0.2) is 0 Å². The van der Waals surface area contributed by atoms with Crippen molar-refractivity contribution >= 4 is 0 Å². The molecule has 14 heavy (non-hydrogen) atoms. The zero-order chi connectivity index (χ0) is 9.97. The summed E-state index contributed by atoms with van der Waals surface area (Å²) >= 11 is 0. The smallest absolute Gasteiger partial charge is 0.121 e. The molecule has 0 unspecified atom stereocenters. The minimum Gasteiger partial charge on any atom is -0.490 e. The number of rotatable bonds is 3. The number of benzene rings is 1. The molecule has 0 saturated heterocycles. The minimum absolute atomic E-state index is 0.397. The molecule has 72 valence electrons. The van der Waals surface area contributed by atoms with Gasteiger partial charge in [0.15, 0.2) is 0 Å². The van der Waals surface area contributed by atoms with Crippen molar-refractivity contribution in [2.24, 2.45) is 0 Å². The first-order valence-corrected chi connectivity index (χ1v) is 5.02. The fourth-order valence-corrected chi connectivity index (χ4v) is 1.38. The van der Waals surface area contributed by atoms with Gasteiger partial charge in [-0.15, -0.1) is 0 Å². The maximum absolute atomic E-state index is 8.83. The van der Waals surface area contributed by atoms with Crippen LogP contribution in [0.25, 0.3) is 0 Å². The van der Waals surface area contributed by atoms with Crippen LogP contribution in [0.1, 0.15) is 30.9 Å². The molecular weight excluding hydrogens is 174 g/mol. The molecule has 0 radical (unpaired) electrons. The molecule has 0 atom stereocenters. The molecule has 0 bridgehead atoms. The molecule has 1 aliphatic carbocycles. The van der Waals surface area contributed by atoms with Crippen LogP contribution in [-0.4, -0.2) is 6.10 Å². The zero-order valence-corrected chi connectivity index (χ0v) is 8.29. The van der Waals surface area contributed by atoms with Gasteiger partial charge in [-0.3, -0.25) is 0 Å². The molecular formula is C12H13NO. The van der Waals surface area contributed by atoms with E-state index in [1.807, 2.05) is 18.2 Å². The first kappa shape index (κ1) is 9.08. The van der Waals surface area contributed by atoms with E-state index in [1.54, 1.807) is 0 Å². The van der Waals surface area contributed by atoms with Gasteiger partial charge in [0, 0.05) is 0 Å². The van der Waals surface area contributed by atoms with Crippen LogP contribution in [0.3, 0.4) is 0 Å². The van der Waals surface area contributed by atoms with Gasteiger partial charge in [-0.05, 0) is 43.0 Å². The van der Waals surface area contributed by atoms with Crippen molar-refractivity contribution in [3.8, 4) is 11.8 Å². The number of aryl methyl sites for hydroxylation is 1. The van der Waals surface area contributed by atoms with Crippen LogP contribution >= 0.6 is 0 Å². The van der Waals surface area contributed by atoms with Crippen LogP contribution in [0.15, 0.2) is 18.2 Å². The fourth-order valence-electron chi connectivity index (χ4n) is 1.38. The lowest BCUT2D eigenvalue weighted by Gasteiger charge is -2.06. The second kappa shape index (κ2) is 3.71. The number of ether oxygens (including phenoxy) is 1. The molecule has 0 spiro atoms. The number of hydrogen-bond donors (Lipinski definition) is 0. The van der Waals surface area contributed by atoms with Gasteiger partial charge in [0.25, 0.3) is 0 Å². The molecule has 2 heteroatoms. The van der Waals surface area contributed by atoms with E-state index in [0.717, 1.165) is 25.0 Å². The summed E-state index contributed by atoms with van der Waals surface area (Å²) in [6.07, 6.45) is 3.64. The van der Waals surface area contributed by atoms with E-state index in [4.69, 9.17) is 10.00 Å². The quantitative estimate of drug-likeness (QED) is 0.728. The summed E-state index contributed by atoms with van der Waals surface area (Å²) in [5.41, 5.74) is 1.86. The number of nitrogens with zero attached hydrogens (tertiary/aromatic N) is 1. The van der Waals surface area contributed by atoms with Crippen molar-refractivity contribution in [2.45, 2.75) is 32.3 Å². The van der Waals surface area contributed by atoms with Crippen LogP contribution in [-0.2, 0) is 6.42 Å². The second-order valence-corrected chi connectivity index (χ2v) is 3.65. The molecule has 1 aromatic rings. The molecule has 1 fully saturated rings. The lowest BCUT2D eigenvalue weighted by Crippen LogP contribution is -1.97. The predicted octanol–water partition coefficient (Wildman–Crippen LogP) is 2.66. The summed E-state index contributed by atoms with van der Waals surface area (Å²) in [5.74, 6) is 0.850.